The molecule has 206 valence electrons. The van der Waals surface area contributed by atoms with Gasteiger partial charge in [0, 0.05) is 24.6 Å². The zero-order valence-corrected chi connectivity index (χ0v) is 22.0. The summed E-state index contributed by atoms with van der Waals surface area (Å²) in [6.07, 6.45) is 3.14. The van der Waals surface area contributed by atoms with E-state index in [9.17, 15) is 23.6 Å². The van der Waals surface area contributed by atoms with Crippen molar-refractivity contribution in [2.24, 2.45) is 0 Å². The van der Waals surface area contributed by atoms with Gasteiger partial charge in [-0.25, -0.2) is 4.39 Å². The van der Waals surface area contributed by atoms with Gasteiger partial charge in [-0.1, -0.05) is 30.3 Å². The summed E-state index contributed by atoms with van der Waals surface area (Å²) in [6.45, 7) is -0.544. The normalized spacial score (nSPS) is 13.0. The number of hydrogen-bond acceptors (Lipinski definition) is 6. The van der Waals surface area contributed by atoms with Gasteiger partial charge in [0.05, 0.1) is 18.4 Å². The Bertz CT molecular complexity index is 1590. The fourth-order valence-corrected chi connectivity index (χ4v) is 4.65. The summed E-state index contributed by atoms with van der Waals surface area (Å²) in [6, 6.07) is 20.5. The van der Waals surface area contributed by atoms with E-state index in [1.165, 1.54) is 42.3 Å². The number of rotatable bonds is 9. The first-order valence-electron chi connectivity index (χ1n) is 12.7. The van der Waals surface area contributed by atoms with E-state index in [-0.39, 0.29) is 12.1 Å². The molecular weight excluding hydrogens is 527 g/mol. The van der Waals surface area contributed by atoms with Crippen molar-refractivity contribution < 1.29 is 28.3 Å². The maximum absolute atomic E-state index is 14.0. The molecule has 9 nitrogen and oxygen atoms in total. The minimum atomic E-state index is -1.23. The van der Waals surface area contributed by atoms with Gasteiger partial charge >= 0.3 is 0 Å². The number of amides is 3. The Morgan fingerprint density at radius 2 is 1.71 bits per heavy atom. The second-order valence-corrected chi connectivity index (χ2v) is 9.29. The lowest BCUT2D eigenvalue weighted by Crippen LogP contribution is -2.46. The van der Waals surface area contributed by atoms with E-state index in [4.69, 9.17) is 4.74 Å². The van der Waals surface area contributed by atoms with Gasteiger partial charge in [0.1, 0.15) is 24.2 Å². The van der Waals surface area contributed by atoms with E-state index >= 15 is 0 Å². The molecule has 0 unspecified atom stereocenters. The second kappa shape index (κ2) is 11.8. The summed E-state index contributed by atoms with van der Waals surface area (Å²) in [5, 5.41) is 2.82. The lowest BCUT2D eigenvalue weighted by atomic mass is 10.0. The molecule has 0 saturated carbocycles. The number of Topliss-reactive ketones (excluding diaryl/α,β-unsaturated/α-hetero) is 1. The molecule has 2 heterocycles. The summed E-state index contributed by atoms with van der Waals surface area (Å²) in [5.41, 5.74) is 1.94. The number of para-hydroxylation sites is 1. The molecule has 1 aliphatic rings. The zero-order chi connectivity index (χ0) is 28.9. The molecule has 3 amide bonds. The Morgan fingerprint density at radius 3 is 2.39 bits per heavy atom. The van der Waals surface area contributed by atoms with Crippen LogP contribution >= 0.6 is 0 Å². The molecule has 0 fully saturated rings. The van der Waals surface area contributed by atoms with Gasteiger partial charge in [-0.15, -0.1) is 0 Å². The van der Waals surface area contributed by atoms with Crippen LogP contribution in [0, 0.1) is 5.82 Å². The van der Waals surface area contributed by atoms with E-state index < -0.39 is 41.9 Å². The third kappa shape index (κ3) is 5.81. The molecule has 3 aromatic carbocycles. The molecule has 0 radical (unpaired) electrons. The smallest absolute Gasteiger partial charge is 0.299 e. The fraction of sp³-hybridized carbons (Fsp3) is 0.129. The third-order valence-corrected chi connectivity index (χ3v) is 6.67. The van der Waals surface area contributed by atoms with Crippen LogP contribution in [-0.4, -0.2) is 47.0 Å². The number of aromatic nitrogens is 1. The van der Waals surface area contributed by atoms with Gasteiger partial charge in [0.25, 0.3) is 17.6 Å². The van der Waals surface area contributed by atoms with Crippen molar-refractivity contribution >= 4 is 34.9 Å². The van der Waals surface area contributed by atoms with Crippen LogP contribution in [0.15, 0.2) is 97.3 Å². The number of carbonyl (C=O) groups excluding carboxylic acids is 4. The largest absolute Gasteiger partial charge is 0.497 e. The van der Waals surface area contributed by atoms with Crippen LogP contribution in [0.3, 0.4) is 0 Å². The van der Waals surface area contributed by atoms with Crippen molar-refractivity contribution in [3.8, 4) is 5.75 Å². The molecular formula is C31H25FN4O5. The molecule has 1 aromatic heterocycles. The van der Waals surface area contributed by atoms with Gasteiger partial charge in [0.2, 0.25) is 5.91 Å². The van der Waals surface area contributed by atoms with E-state index in [0.29, 0.717) is 28.3 Å². The zero-order valence-electron chi connectivity index (χ0n) is 22.0. The number of benzene rings is 3. The maximum atomic E-state index is 14.0. The molecule has 4 aromatic rings. The Morgan fingerprint density at radius 1 is 0.976 bits per heavy atom. The van der Waals surface area contributed by atoms with Crippen LogP contribution in [0.4, 0.5) is 15.8 Å². The monoisotopic (exact) mass is 552 g/mol. The van der Waals surface area contributed by atoms with Gasteiger partial charge < -0.3 is 15.0 Å². The average molecular weight is 553 g/mol. The number of ketones is 1. The number of nitrogens with one attached hydrogen (secondary N) is 1. The summed E-state index contributed by atoms with van der Waals surface area (Å²) in [5.74, 6) is -2.63. The highest BCUT2D eigenvalue weighted by atomic mass is 19.1. The highest BCUT2D eigenvalue weighted by Gasteiger charge is 2.39. The number of fused-ring (bicyclic) bond motifs is 1. The molecule has 1 atom stereocenters. The number of methoxy groups -OCH3 is 1. The Balaban J connectivity index is 1.53. The molecule has 0 saturated heterocycles. The van der Waals surface area contributed by atoms with Gasteiger partial charge in [-0.3, -0.25) is 29.1 Å². The summed E-state index contributed by atoms with van der Waals surface area (Å²) >= 11 is 0. The molecule has 1 aliphatic heterocycles. The van der Waals surface area contributed by atoms with E-state index in [0.717, 1.165) is 4.90 Å². The standard InChI is InChI=1S/C31H25FN4O5/c1-41-24-14-12-23(13-15-24)34-30(39)28(21-8-10-22(32)11-9-21)36(18-20-5-4-16-33-17-20)27(37)19-35-26-7-3-2-6-25(26)29(38)31(35)40/h2-17,28H,18-19H2,1H3,(H,34,39)/t28-/m1/s1. The van der Waals surface area contributed by atoms with Gasteiger partial charge in [-0.2, -0.15) is 0 Å². The number of ether oxygens (including phenoxy) is 1. The number of pyridine rings is 1. The molecule has 5 rings (SSSR count). The molecule has 1 N–H and O–H groups in total. The molecule has 41 heavy (non-hydrogen) atoms. The van der Waals surface area contributed by atoms with Crippen LogP contribution < -0.4 is 15.0 Å². The van der Waals surface area contributed by atoms with Gasteiger partial charge in [-0.05, 0) is 65.7 Å². The second-order valence-electron chi connectivity index (χ2n) is 9.29. The molecule has 0 aliphatic carbocycles. The maximum Gasteiger partial charge on any atom is 0.299 e. The van der Waals surface area contributed by atoms with Crippen molar-refractivity contribution in [2.75, 3.05) is 23.9 Å². The highest BCUT2D eigenvalue weighted by molar-refractivity contribution is 6.52. The topological polar surface area (TPSA) is 109 Å². The third-order valence-electron chi connectivity index (χ3n) is 6.67. The van der Waals surface area contributed by atoms with Crippen LogP contribution in [0.5, 0.6) is 5.75 Å². The predicted molar refractivity (Wildman–Crippen MR) is 149 cm³/mol. The first-order chi connectivity index (χ1) is 19.9. The lowest BCUT2D eigenvalue weighted by molar-refractivity contribution is -0.139. The number of carbonyl (C=O) groups is 4. The van der Waals surface area contributed by atoms with Crippen molar-refractivity contribution in [3.05, 3.63) is 120 Å². The van der Waals surface area contributed by atoms with E-state index in [1.54, 1.807) is 67.0 Å². The number of nitrogens with zero attached hydrogens (tertiary/aromatic N) is 3. The van der Waals surface area contributed by atoms with Crippen LogP contribution in [0.2, 0.25) is 0 Å². The Kier molecular flexibility index (Phi) is 7.82. The number of halogens is 1. The summed E-state index contributed by atoms with van der Waals surface area (Å²) in [4.78, 5) is 59.8. The Hall–Kier alpha value is -5.38. The Labute approximate surface area is 235 Å². The first-order valence-corrected chi connectivity index (χ1v) is 12.7. The van der Waals surface area contributed by atoms with E-state index in [1.807, 2.05) is 0 Å². The van der Waals surface area contributed by atoms with Gasteiger partial charge in [0.15, 0.2) is 0 Å². The van der Waals surface area contributed by atoms with Crippen LogP contribution in [-0.2, 0) is 20.9 Å². The fourth-order valence-electron chi connectivity index (χ4n) is 4.65. The van der Waals surface area contributed by atoms with Crippen molar-refractivity contribution in [1.29, 1.82) is 0 Å². The van der Waals surface area contributed by atoms with Crippen molar-refractivity contribution in [3.63, 3.8) is 0 Å². The molecule has 0 spiro atoms. The number of anilines is 2. The van der Waals surface area contributed by atoms with Crippen LogP contribution in [0.1, 0.15) is 27.5 Å². The van der Waals surface area contributed by atoms with Crippen molar-refractivity contribution in [1.82, 2.24) is 9.88 Å². The van der Waals surface area contributed by atoms with Crippen molar-refractivity contribution in [2.45, 2.75) is 12.6 Å². The number of hydrogen-bond donors (Lipinski definition) is 1. The lowest BCUT2D eigenvalue weighted by Gasteiger charge is -2.32. The van der Waals surface area contributed by atoms with E-state index in [2.05, 4.69) is 10.3 Å². The molecule has 0 bridgehead atoms. The summed E-state index contributed by atoms with van der Waals surface area (Å²) in [7, 11) is 1.52. The predicted octanol–water partition coefficient (Wildman–Crippen LogP) is 4.17. The minimum Gasteiger partial charge on any atom is -0.497 e. The average Bonchev–Trinajstić information content (AvgIpc) is 3.23. The highest BCUT2D eigenvalue weighted by Crippen LogP contribution is 2.31. The SMILES string of the molecule is COc1ccc(NC(=O)[C@@H](c2ccc(F)cc2)N(Cc2cccnc2)C(=O)CN2C(=O)C(=O)c3ccccc32)cc1. The van der Waals surface area contributed by atoms with Crippen LogP contribution in [0.25, 0.3) is 0 Å². The quantitative estimate of drug-likeness (QED) is 0.312. The molecule has 10 heteroatoms. The summed E-state index contributed by atoms with van der Waals surface area (Å²) < 4.78 is 19.1. The minimum absolute atomic E-state index is 0.0532. The first kappa shape index (κ1) is 27.2.